The second kappa shape index (κ2) is 6.97. The van der Waals surface area contributed by atoms with Gasteiger partial charge in [0.1, 0.15) is 5.54 Å². The number of carbonyl (C=O) groups is 1. The van der Waals surface area contributed by atoms with Crippen molar-refractivity contribution in [3.8, 4) is 0 Å². The predicted molar refractivity (Wildman–Crippen MR) is 67.2 cm³/mol. The van der Waals surface area contributed by atoms with Gasteiger partial charge in [-0.05, 0) is 39.7 Å². The molecule has 0 aromatic rings. The average Bonchev–Trinajstić information content (AvgIpc) is 2.35. The van der Waals surface area contributed by atoms with Gasteiger partial charge in [-0.2, -0.15) is 0 Å². The lowest BCUT2D eigenvalue weighted by atomic mass is 9.96. The Morgan fingerprint density at radius 1 is 1.41 bits per heavy atom. The molecule has 4 heteroatoms. The lowest BCUT2D eigenvalue weighted by molar-refractivity contribution is -0.144. The molecule has 0 amide bonds. The van der Waals surface area contributed by atoms with Crippen molar-refractivity contribution in [3.05, 3.63) is 0 Å². The SMILES string of the molecule is CNC(C)(CCCOC1CCCCC1)C(=O)O. The fourth-order valence-electron chi connectivity index (χ4n) is 2.25. The number of likely N-dealkylation sites (N-methyl/N-ethyl adjacent to an activating group) is 1. The van der Waals surface area contributed by atoms with E-state index in [4.69, 9.17) is 9.84 Å². The summed E-state index contributed by atoms with van der Waals surface area (Å²) in [6.45, 7) is 2.39. The Balaban J connectivity index is 2.16. The minimum Gasteiger partial charge on any atom is -0.480 e. The molecule has 100 valence electrons. The van der Waals surface area contributed by atoms with Crippen LogP contribution in [0.4, 0.5) is 0 Å². The van der Waals surface area contributed by atoms with Gasteiger partial charge in [-0.25, -0.2) is 0 Å². The third-order valence-corrected chi connectivity index (χ3v) is 3.75. The first kappa shape index (κ1) is 14.5. The molecule has 4 nitrogen and oxygen atoms in total. The summed E-state index contributed by atoms with van der Waals surface area (Å²) in [4.78, 5) is 11.0. The van der Waals surface area contributed by atoms with Crippen LogP contribution in [0.3, 0.4) is 0 Å². The number of carboxylic acids is 1. The molecule has 1 unspecified atom stereocenters. The Labute approximate surface area is 104 Å². The summed E-state index contributed by atoms with van der Waals surface area (Å²) < 4.78 is 5.78. The molecule has 0 radical (unpaired) electrons. The molecule has 1 atom stereocenters. The summed E-state index contributed by atoms with van der Waals surface area (Å²) in [5.74, 6) is -0.794. The lowest BCUT2D eigenvalue weighted by Crippen LogP contribution is -2.47. The third kappa shape index (κ3) is 4.64. The molecule has 0 saturated heterocycles. The summed E-state index contributed by atoms with van der Waals surface area (Å²) in [5, 5.41) is 11.9. The van der Waals surface area contributed by atoms with Crippen molar-refractivity contribution in [1.82, 2.24) is 5.32 Å². The van der Waals surface area contributed by atoms with E-state index in [1.807, 2.05) is 0 Å². The van der Waals surface area contributed by atoms with Gasteiger partial charge in [-0.3, -0.25) is 4.79 Å². The minimum absolute atomic E-state index is 0.411. The highest BCUT2D eigenvalue weighted by Crippen LogP contribution is 2.21. The largest absolute Gasteiger partial charge is 0.480 e. The van der Waals surface area contributed by atoms with Crippen LogP contribution in [-0.2, 0) is 9.53 Å². The number of nitrogens with one attached hydrogen (secondary N) is 1. The second-order valence-corrected chi connectivity index (χ2v) is 5.12. The molecule has 0 aromatic heterocycles. The van der Waals surface area contributed by atoms with Gasteiger partial charge in [0, 0.05) is 6.61 Å². The fourth-order valence-corrected chi connectivity index (χ4v) is 2.25. The van der Waals surface area contributed by atoms with Crippen molar-refractivity contribution >= 4 is 5.97 Å². The van der Waals surface area contributed by atoms with E-state index in [-0.39, 0.29) is 0 Å². The van der Waals surface area contributed by atoms with Gasteiger partial charge in [0.2, 0.25) is 0 Å². The molecule has 0 aromatic carbocycles. The number of hydrogen-bond donors (Lipinski definition) is 2. The summed E-state index contributed by atoms with van der Waals surface area (Å²) in [5.41, 5.74) is -0.823. The van der Waals surface area contributed by atoms with E-state index in [9.17, 15) is 4.79 Å². The highest BCUT2D eigenvalue weighted by atomic mass is 16.5. The first-order valence-corrected chi connectivity index (χ1v) is 6.62. The first-order valence-electron chi connectivity index (χ1n) is 6.62. The lowest BCUT2D eigenvalue weighted by Gasteiger charge is -2.25. The molecule has 0 spiro atoms. The van der Waals surface area contributed by atoms with Gasteiger partial charge in [0.05, 0.1) is 6.10 Å². The van der Waals surface area contributed by atoms with E-state index < -0.39 is 11.5 Å². The fraction of sp³-hybridized carbons (Fsp3) is 0.923. The van der Waals surface area contributed by atoms with Crippen LogP contribution in [-0.4, -0.2) is 36.4 Å². The maximum Gasteiger partial charge on any atom is 0.323 e. The Morgan fingerprint density at radius 2 is 2.06 bits per heavy atom. The Kier molecular flexibility index (Phi) is 5.92. The monoisotopic (exact) mass is 243 g/mol. The van der Waals surface area contributed by atoms with Crippen LogP contribution in [0, 0.1) is 0 Å². The van der Waals surface area contributed by atoms with Gasteiger partial charge in [-0.1, -0.05) is 19.3 Å². The van der Waals surface area contributed by atoms with Crippen molar-refractivity contribution in [1.29, 1.82) is 0 Å². The zero-order chi connectivity index (χ0) is 12.7. The molecule has 2 N–H and O–H groups in total. The molecule has 17 heavy (non-hydrogen) atoms. The summed E-state index contributed by atoms with van der Waals surface area (Å²) in [6, 6.07) is 0. The van der Waals surface area contributed by atoms with E-state index in [0.29, 0.717) is 19.1 Å². The van der Waals surface area contributed by atoms with Crippen LogP contribution in [0.15, 0.2) is 0 Å². The minimum atomic E-state index is -0.823. The quantitative estimate of drug-likeness (QED) is 0.673. The number of hydrogen-bond acceptors (Lipinski definition) is 3. The summed E-state index contributed by atoms with van der Waals surface area (Å²) in [6.07, 6.45) is 8.02. The highest BCUT2D eigenvalue weighted by molar-refractivity contribution is 5.78. The zero-order valence-corrected chi connectivity index (χ0v) is 11.0. The summed E-state index contributed by atoms with van der Waals surface area (Å²) >= 11 is 0. The van der Waals surface area contributed by atoms with Crippen molar-refractivity contribution in [2.75, 3.05) is 13.7 Å². The van der Waals surface area contributed by atoms with E-state index in [1.54, 1.807) is 14.0 Å². The zero-order valence-electron chi connectivity index (χ0n) is 11.0. The van der Waals surface area contributed by atoms with Crippen molar-refractivity contribution in [2.24, 2.45) is 0 Å². The maximum absolute atomic E-state index is 11.0. The van der Waals surface area contributed by atoms with Crippen molar-refractivity contribution < 1.29 is 14.6 Å². The number of aliphatic carboxylic acids is 1. The smallest absolute Gasteiger partial charge is 0.323 e. The molecule has 0 aliphatic heterocycles. The molecule has 0 heterocycles. The van der Waals surface area contributed by atoms with Gasteiger partial charge in [0.25, 0.3) is 0 Å². The molecular formula is C13H25NO3. The number of carboxylic acid groups (broad SMARTS) is 1. The van der Waals surface area contributed by atoms with Crippen LogP contribution in [0.25, 0.3) is 0 Å². The van der Waals surface area contributed by atoms with Gasteiger partial charge >= 0.3 is 5.97 Å². The Hall–Kier alpha value is -0.610. The van der Waals surface area contributed by atoms with Crippen LogP contribution in [0.2, 0.25) is 0 Å². The van der Waals surface area contributed by atoms with Crippen LogP contribution >= 0.6 is 0 Å². The summed E-state index contributed by atoms with van der Waals surface area (Å²) in [7, 11) is 1.69. The van der Waals surface area contributed by atoms with Crippen LogP contribution < -0.4 is 5.32 Å². The van der Waals surface area contributed by atoms with Crippen molar-refractivity contribution in [2.45, 2.75) is 63.5 Å². The van der Waals surface area contributed by atoms with Crippen molar-refractivity contribution in [3.63, 3.8) is 0 Å². The van der Waals surface area contributed by atoms with E-state index in [1.165, 1.54) is 32.1 Å². The molecule has 0 bridgehead atoms. The molecule has 1 fully saturated rings. The highest BCUT2D eigenvalue weighted by Gasteiger charge is 2.30. The standard InChI is InChI=1S/C13H25NO3/c1-13(14-2,12(15)16)9-6-10-17-11-7-4-3-5-8-11/h11,14H,3-10H2,1-2H3,(H,15,16). The Bertz CT molecular complexity index is 239. The first-order chi connectivity index (χ1) is 8.08. The molecule has 1 saturated carbocycles. The van der Waals surface area contributed by atoms with Crippen LogP contribution in [0.5, 0.6) is 0 Å². The predicted octanol–water partition coefficient (Wildman–Crippen LogP) is 2.18. The molecule has 1 rings (SSSR count). The third-order valence-electron chi connectivity index (χ3n) is 3.75. The van der Waals surface area contributed by atoms with E-state index >= 15 is 0 Å². The maximum atomic E-state index is 11.0. The molecule has 1 aliphatic carbocycles. The number of rotatable bonds is 7. The van der Waals surface area contributed by atoms with Gasteiger partial charge in [0.15, 0.2) is 0 Å². The second-order valence-electron chi connectivity index (χ2n) is 5.12. The Morgan fingerprint density at radius 3 is 2.59 bits per heavy atom. The van der Waals surface area contributed by atoms with Gasteiger partial charge in [-0.15, -0.1) is 0 Å². The number of ether oxygens (including phenoxy) is 1. The van der Waals surface area contributed by atoms with Crippen LogP contribution in [0.1, 0.15) is 51.9 Å². The van der Waals surface area contributed by atoms with E-state index in [0.717, 1.165) is 6.42 Å². The van der Waals surface area contributed by atoms with E-state index in [2.05, 4.69) is 5.32 Å². The average molecular weight is 243 g/mol. The molecule has 1 aliphatic rings. The van der Waals surface area contributed by atoms with Gasteiger partial charge < -0.3 is 15.2 Å². The topological polar surface area (TPSA) is 58.6 Å². The molecular weight excluding hydrogens is 218 g/mol. The normalized spacial score (nSPS) is 21.1.